The van der Waals surface area contributed by atoms with Crippen LogP contribution in [0.1, 0.15) is 11.1 Å². The lowest BCUT2D eigenvalue weighted by Gasteiger charge is -1.88. The maximum absolute atomic E-state index is 3.95. The van der Waals surface area contributed by atoms with Gasteiger partial charge >= 0.3 is 0 Å². The zero-order chi connectivity index (χ0) is 10.3. The first kappa shape index (κ1) is 9.38. The van der Waals surface area contributed by atoms with Crippen molar-refractivity contribution >= 4 is 12.2 Å². The summed E-state index contributed by atoms with van der Waals surface area (Å²) in [6, 6.07) is 7.75. The van der Waals surface area contributed by atoms with Gasteiger partial charge in [0, 0.05) is 24.8 Å². The molecule has 2 heteroatoms. The van der Waals surface area contributed by atoms with Crippen LogP contribution < -0.4 is 0 Å². The summed E-state index contributed by atoms with van der Waals surface area (Å²) in [4.78, 5) is 7.89. The standard InChI is InChI=1S/C13H10N2/c1(2-12-4-8-14-9-5-12)3-13-6-10-15-11-7-13/h2-11H. The predicted molar refractivity (Wildman–Crippen MR) is 60.9 cm³/mol. The van der Waals surface area contributed by atoms with E-state index in [1.165, 1.54) is 0 Å². The van der Waals surface area contributed by atoms with Gasteiger partial charge in [-0.05, 0) is 47.5 Å². The average molecular weight is 194 g/mol. The van der Waals surface area contributed by atoms with Crippen molar-refractivity contribution in [3.05, 3.63) is 65.9 Å². The van der Waals surface area contributed by atoms with Crippen LogP contribution in [0.15, 0.2) is 54.8 Å². The molecule has 0 aliphatic rings. The summed E-state index contributed by atoms with van der Waals surface area (Å²) in [5.74, 6) is 0. The lowest BCUT2D eigenvalue weighted by Crippen LogP contribution is -1.72. The van der Waals surface area contributed by atoms with Crippen molar-refractivity contribution in [1.29, 1.82) is 0 Å². The van der Waals surface area contributed by atoms with Gasteiger partial charge in [-0.3, -0.25) is 9.97 Å². The number of pyridine rings is 2. The Morgan fingerprint density at radius 1 is 0.733 bits per heavy atom. The van der Waals surface area contributed by atoms with E-state index in [0.29, 0.717) is 0 Å². The average Bonchev–Trinajstić information content (AvgIpc) is 2.32. The third-order valence-electron chi connectivity index (χ3n) is 1.91. The molecule has 0 atom stereocenters. The van der Waals surface area contributed by atoms with E-state index >= 15 is 0 Å². The second-order valence-electron chi connectivity index (χ2n) is 3.02. The smallest absolute Gasteiger partial charge is 0.0273 e. The van der Waals surface area contributed by atoms with Crippen LogP contribution in [0.2, 0.25) is 0 Å². The molecular formula is C13H10N2. The highest BCUT2D eigenvalue weighted by Gasteiger charge is 1.82. The fraction of sp³-hybridized carbons (Fsp3) is 0. The number of aromatic nitrogens is 2. The highest BCUT2D eigenvalue weighted by atomic mass is 14.6. The van der Waals surface area contributed by atoms with E-state index in [9.17, 15) is 0 Å². The van der Waals surface area contributed by atoms with E-state index in [1.54, 1.807) is 24.8 Å². The maximum atomic E-state index is 3.95. The van der Waals surface area contributed by atoms with Gasteiger partial charge in [-0.1, -0.05) is 0 Å². The van der Waals surface area contributed by atoms with Gasteiger partial charge in [0.1, 0.15) is 0 Å². The molecule has 0 saturated carbocycles. The Hall–Kier alpha value is -2.18. The molecule has 2 aromatic rings. The van der Waals surface area contributed by atoms with Crippen LogP contribution in [0.25, 0.3) is 12.2 Å². The molecule has 2 aromatic heterocycles. The van der Waals surface area contributed by atoms with Crippen LogP contribution in [-0.4, -0.2) is 9.97 Å². The monoisotopic (exact) mass is 194 g/mol. The van der Waals surface area contributed by atoms with Gasteiger partial charge in [0.05, 0.1) is 0 Å². The maximum Gasteiger partial charge on any atom is 0.0273 e. The van der Waals surface area contributed by atoms with Crippen molar-refractivity contribution in [2.45, 2.75) is 0 Å². The second-order valence-corrected chi connectivity index (χ2v) is 3.02. The van der Waals surface area contributed by atoms with E-state index < -0.39 is 0 Å². The fourth-order valence-corrected chi connectivity index (χ4v) is 1.15. The van der Waals surface area contributed by atoms with Gasteiger partial charge in [-0.25, -0.2) is 0 Å². The van der Waals surface area contributed by atoms with Crippen molar-refractivity contribution in [1.82, 2.24) is 9.97 Å². The SMILES string of the molecule is C(=Cc1ccncc1)=Cc1ccncc1. The topological polar surface area (TPSA) is 25.8 Å². The first-order chi connectivity index (χ1) is 7.45. The molecule has 15 heavy (non-hydrogen) atoms. The van der Waals surface area contributed by atoms with E-state index in [4.69, 9.17) is 0 Å². The Kier molecular flexibility index (Phi) is 3.06. The van der Waals surface area contributed by atoms with Crippen LogP contribution in [0.5, 0.6) is 0 Å². The van der Waals surface area contributed by atoms with E-state index in [0.717, 1.165) is 11.1 Å². The quantitative estimate of drug-likeness (QED) is 0.687. The van der Waals surface area contributed by atoms with Crippen LogP contribution in [0, 0.1) is 0 Å². The summed E-state index contributed by atoms with van der Waals surface area (Å²) >= 11 is 0. The summed E-state index contributed by atoms with van der Waals surface area (Å²) in [5.41, 5.74) is 5.30. The molecule has 2 heterocycles. The van der Waals surface area contributed by atoms with Crippen molar-refractivity contribution < 1.29 is 0 Å². The van der Waals surface area contributed by atoms with Gasteiger partial charge in [-0.2, -0.15) is 0 Å². The molecule has 0 radical (unpaired) electrons. The van der Waals surface area contributed by atoms with Crippen LogP contribution >= 0.6 is 0 Å². The normalized spacial score (nSPS) is 9.07. The number of hydrogen-bond donors (Lipinski definition) is 0. The van der Waals surface area contributed by atoms with Crippen LogP contribution in [0.3, 0.4) is 0 Å². The highest BCUT2D eigenvalue weighted by molar-refractivity contribution is 5.56. The summed E-state index contributed by atoms with van der Waals surface area (Å²) in [6.45, 7) is 0. The lowest BCUT2D eigenvalue weighted by atomic mass is 10.2. The number of rotatable bonds is 2. The minimum atomic E-state index is 1.09. The molecule has 0 aromatic carbocycles. The van der Waals surface area contributed by atoms with Gasteiger partial charge in [-0.15, -0.1) is 5.73 Å². The minimum absolute atomic E-state index is 1.09. The van der Waals surface area contributed by atoms with Crippen molar-refractivity contribution in [3.63, 3.8) is 0 Å². The molecule has 2 nitrogen and oxygen atoms in total. The predicted octanol–water partition coefficient (Wildman–Crippen LogP) is 2.80. The molecular weight excluding hydrogens is 184 g/mol. The number of hydrogen-bond acceptors (Lipinski definition) is 2. The summed E-state index contributed by atoms with van der Waals surface area (Å²) in [6.07, 6.45) is 10.9. The van der Waals surface area contributed by atoms with E-state index in [2.05, 4.69) is 15.7 Å². The van der Waals surface area contributed by atoms with Gasteiger partial charge in [0.25, 0.3) is 0 Å². The highest BCUT2D eigenvalue weighted by Crippen LogP contribution is 2.01. The summed E-state index contributed by atoms with van der Waals surface area (Å²) < 4.78 is 0. The first-order valence-corrected chi connectivity index (χ1v) is 4.68. The Balaban J connectivity index is 2.16. The van der Waals surface area contributed by atoms with Crippen molar-refractivity contribution in [3.8, 4) is 0 Å². The van der Waals surface area contributed by atoms with Gasteiger partial charge < -0.3 is 0 Å². The third kappa shape index (κ3) is 2.90. The van der Waals surface area contributed by atoms with Crippen LogP contribution in [-0.2, 0) is 0 Å². The zero-order valence-corrected chi connectivity index (χ0v) is 8.17. The van der Waals surface area contributed by atoms with Gasteiger partial charge in [0.15, 0.2) is 0 Å². The molecule has 0 spiro atoms. The molecule has 0 bridgehead atoms. The second kappa shape index (κ2) is 4.89. The molecule has 0 N–H and O–H groups in total. The lowest BCUT2D eigenvalue weighted by molar-refractivity contribution is 1.32. The fourth-order valence-electron chi connectivity index (χ4n) is 1.15. The Morgan fingerprint density at radius 3 is 1.53 bits per heavy atom. The Bertz CT molecular complexity index is 425. The van der Waals surface area contributed by atoms with Crippen molar-refractivity contribution in [2.24, 2.45) is 0 Å². The minimum Gasteiger partial charge on any atom is -0.265 e. The third-order valence-corrected chi connectivity index (χ3v) is 1.91. The molecule has 0 fully saturated rings. The largest absolute Gasteiger partial charge is 0.265 e. The molecule has 0 amide bonds. The zero-order valence-electron chi connectivity index (χ0n) is 8.17. The Labute approximate surface area is 88.6 Å². The van der Waals surface area contributed by atoms with Gasteiger partial charge in [0.2, 0.25) is 0 Å². The number of nitrogens with zero attached hydrogens (tertiary/aromatic N) is 2. The molecule has 0 aliphatic heterocycles. The molecule has 0 unspecified atom stereocenters. The molecule has 2 rings (SSSR count). The van der Waals surface area contributed by atoms with Crippen molar-refractivity contribution in [2.75, 3.05) is 0 Å². The summed E-state index contributed by atoms with van der Waals surface area (Å²) in [5, 5.41) is 0. The Morgan fingerprint density at radius 2 is 1.13 bits per heavy atom. The van der Waals surface area contributed by atoms with Crippen LogP contribution in [0.4, 0.5) is 0 Å². The molecule has 0 aliphatic carbocycles. The first-order valence-electron chi connectivity index (χ1n) is 4.68. The summed E-state index contributed by atoms with van der Waals surface area (Å²) in [7, 11) is 0. The van der Waals surface area contributed by atoms with E-state index in [1.807, 2.05) is 36.4 Å². The molecule has 0 saturated heterocycles. The van der Waals surface area contributed by atoms with E-state index in [-0.39, 0.29) is 0 Å². The molecule has 72 valence electrons.